The van der Waals surface area contributed by atoms with Crippen molar-refractivity contribution in [2.24, 2.45) is 5.92 Å². The summed E-state index contributed by atoms with van der Waals surface area (Å²) in [7, 11) is 0. The number of nitrogens with one attached hydrogen (secondary N) is 1. The summed E-state index contributed by atoms with van der Waals surface area (Å²) in [5.41, 5.74) is 2.19. The predicted molar refractivity (Wildman–Crippen MR) is 75.5 cm³/mol. The van der Waals surface area contributed by atoms with E-state index in [0.717, 1.165) is 16.5 Å². The maximum atomic E-state index is 12.9. The topological polar surface area (TPSA) is 12.0 Å². The predicted octanol–water partition coefficient (Wildman–Crippen LogP) is 3.68. The monoisotopic (exact) mass is 335 g/mol. The molecule has 0 aliphatic carbocycles. The van der Waals surface area contributed by atoms with Gasteiger partial charge < -0.3 is 5.32 Å². The third-order valence-electron chi connectivity index (χ3n) is 2.83. The van der Waals surface area contributed by atoms with Crippen LogP contribution in [-0.4, -0.2) is 10.5 Å². The summed E-state index contributed by atoms with van der Waals surface area (Å²) in [5.74, 6) is 0.466. The number of halogens is 2. The Morgan fingerprint density at radius 3 is 2.56 bits per heavy atom. The summed E-state index contributed by atoms with van der Waals surface area (Å²) >= 11 is 2.40. The van der Waals surface area contributed by atoms with Crippen molar-refractivity contribution in [3.8, 4) is 0 Å². The highest BCUT2D eigenvalue weighted by molar-refractivity contribution is 14.1. The molecule has 1 atom stereocenters. The van der Waals surface area contributed by atoms with Gasteiger partial charge in [0.2, 0.25) is 0 Å². The lowest BCUT2D eigenvalue weighted by Crippen LogP contribution is -2.34. The number of aryl methyl sites for hydroxylation is 1. The molecule has 3 heteroatoms. The van der Waals surface area contributed by atoms with Gasteiger partial charge in [0, 0.05) is 17.0 Å². The van der Waals surface area contributed by atoms with Crippen molar-refractivity contribution in [3.05, 3.63) is 35.1 Å². The molecule has 1 N–H and O–H groups in total. The fourth-order valence-corrected chi connectivity index (χ4v) is 2.90. The molecule has 0 spiro atoms. The van der Waals surface area contributed by atoms with Crippen molar-refractivity contribution in [2.45, 2.75) is 33.4 Å². The molecule has 1 unspecified atom stereocenters. The summed E-state index contributed by atoms with van der Waals surface area (Å²) in [6.07, 6.45) is 0. The van der Waals surface area contributed by atoms with Gasteiger partial charge in [0.25, 0.3) is 0 Å². The van der Waals surface area contributed by atoms with Gasteiger partial charge in [-0.2, -0.15) is 0 Å². The van der Waals surface area contributed by atoms with Gasteiger partial charge in [-0.05, 0) is 36.1 Å². The highest BCUT2D eigenvalue weighted by atomic mass is 127. The Morgan fingerprint density at radius 2 is 2.06 bits per heavy atom. The molecule has 0 aliphatic heterocycles. The molecule has 1 aromatic rings. The Bertz CT molecular complexity index is 339. The molecule has 1 aromatic carbocycles. The first kappa shape index (κ1) is 13.9. The summed E-state index contributed by atoms with van der Waals surface area (Å²) in [6, 6.07) is 5.50. The summed E-state index contributed by atoms with van der Waals surface area (Å²) in [5, 5.41) is 3.52. The molecule has 0 aliphatic rings. The molecule has 0 aromatic heterocycles. The van der Waals surface area contributed by atoms with Crippen LogP contribution in [0.15, 0.2) is 18.2 Å². The zero-order chi connectivity index (χ0) is 12.1. The van der Waals surface area contributed by atoms with E-state index in [9.17, 15) is 4.39 Å². The summed E-state index contributed by atoms with van der Waals surface area (Å²) in [4.78, 5) is 0. The van der Waals surface area contributed by atoms with Gasteiger partial charge in [-0.3, -0.25) is 0 Å². The summed E-state index contributed by atoms with van der Waals surface area (Å²) in [6.45, 7) is 7.20. The van der Waals surface area contributed by atoms with Crippen LogP contribution < -0.4 is 5.32 Å². The van der Waals surface area contributed by atoms with Crippen molar-refractivity contribution >= 4 is 22.6 Å². The van der Waals surface area contributed by atoms with Crippen LogP contribution in [0.2, 0.25) is 0 Å². The third-order valence-corrected chi connectivity index (χ3v) is 3.78. The van der Waals surface area contributed by atoms with Crippen molar-refractivity contribution in [3.63, 3.8) is 0 Å². The van der Waals surface area contributed by atoms with Gasteiger partial charge >= 0.3 is 0 Å². The number of benzene rings is 1. The van der Waals surface area contributed by atoms with Crippen LogP contribution >= 0.6 is 22.6 Å². The molecule has 1 rings (SSSR count). The molecule has 16 heavy (non-hydrogen) atoms. The lowest BCUT2D eigenvalue weighted by molar-refractivity contribution is 0.436. The Balaban J connectivity index is 2.60. The SMILES string of the molecule is Cc1cc(F)ccc1CNC(CI)C(C)C. The van der Waals surface area contributed by atoms with Crippen LogP contribution in [0.3, 0.4) is 0 Å². The fourth-order valence-electron chi connectivity index (χ4n) is 1.57. The van der Waals surface area contributed by atoms with Crippen molar-refractivity contribution in [1.29, 1.82) is 0 Å². The maximum Gasteiger partial charge on any atom is 0.123 e. The lowest BCUT2D eigenvalue weighted by Gasteiger charge is -2.20. The Morgan fingerprint density at radius 1 is 1.38 bits per heavy atom. The van der Waals surface area contributed by atoms with E-state index >= 15 is 0 Å². The molecular weight excluding hydrogens is 316 g/mol. The van der Waals surface area contributed by atoms with E-state index in [1.165, 1.54) is 11.6 Å². The van der Waals surface area contributed by atoms with E-state index in [0.29, 0.717) is 12.0 Å². The van der Waals surface area contributed by atoms with Crippen molar-refractivity contribution in [1.82, 2.24) is 5.32 Å². The molecule has 0 amide bonds. The lowest BCUT2D eigenvalue weighted by atomic mass is 10.0. The molecule has 0 saturated heterocycles. The number of hydrogen-bond donors (Lipinski definition) is 1. The maximum absolute atomic E-state index is 12.9. The highest BCUT2D eigenvalue weighted by Crippen LogP contribution is 2.12. The average Bonchev–Trinajstić information content (AvgIpc) is 2.21. The zero-order valence-corrected chi connectivity index (χ0v) is 12.2. The molecule has 90 valence electrons. The fraction of sp³-hybridized carbons (Fsp3) is 0.538. The Labute approximate surface area is 111 Å². The molecule has 0 radical (unpaired) electrons. The molecule has 0 bridgehead atoms. The molecule has 0 heterocycles. The Hall–Kier alpha value is -0.160. The first-order chi connectivity index (χ1) is 7.54. The van der Waals surface area contributed by atoms with Crippen molar-refractivity contribution in [2.75, 3.05) is 4.43 Å². The van der Waals surface area contributed by atoms with Crippen LogP contribution in [0.5, 0.6) is 0 Å². The van der Waals surface area contributed by atoms with Gasteiger partial charge in [-0.15, -0.1) is 0 Å². The largest absolute Gasteiger partial charge is 0.309 e. The summed E-state index contributed by atoms with van der Waals surface area (Å²) < 4.78 is 14.0. The highest BCUT2D eigenvalue weighted by Gasteiger charge is 2.11. The first-order valence-electron chi connectivity index (χ1n) is 5.59. The minimum Gasteiger partial charge on any atom is -0.309 e. The first-order valence-corrected chi connectivity index (χ1v) is 7.11. The van der Waals surface area contributed by atoms with Gasteiger partial charge in [-0.1, -0.05) is 42.5 Å². The second-order valence-electron chi connectivity index (χ2n) is 4.46. The minimum atomic E-state index is -0.157. The van der Waals surface area contributed by atoms with Gasteiger partial charge in [0.05, 0.1) is 0 Å². The van der Waals surface area contributed by atoms with Gasteiger partial charge in [-0.25, -0.2) is 4.39 Å². The number of rotatable bonds is 5. The molecule has 0 saturated carbocycles. The van der Waals surface area contributed by atoms with E-state index < -0.39 is 0 Å². The van der Waals surface area contributed by atoms with Gasteiger partial charge in [0.1, 0.15) is 5.82 Å². The van der Waals surface area contributed by atoms with Crippen LogP contribution in [-0.2, 0) is 6.54 Å². The smallest absolute Gasteiger partial charge is 0.123 e. The molecular formula is C13H19FIN. The number of hydrogen-bond acceptors (Lipinski definition) is 1. The quantitative estimate of drug-likeness (QED) is 0.639. The van der Waals surface area contributed by atoms with Gasteiger partial charge in [0.15, 0.2) is 0 Å². The second-order valence-corrected chi connectivity index (χ2v) is 5.34. The molecule has 1 nitrogen and oxygen atoms in total. The van der Waals surface area contributed by atoms with Crippen LogP contribution in [0.1, 0.15) is 25.0 Å². The van der Waals surface area contributed by atoms with E-state index in [4.69, 9.17) is 0 Å². The number of alkyl halides is 1. The van der Waals surface area contributed by atoms with Crippen LogP contribution in [0.25, 0.3) is 0 Å². The van der Waals surface area contributed by atoms with Crippen molar-refractivity contribution < 1.29 is 4.39 Å². The van der Waals surface area contributed by atoms with E-state index in [2.05, 4.69) is 41.8 Å². The second kappa shape index (κ2) is 6.55. The van der Waals surface area contributed by atoms with Crippen LogP contribution in [0.4, 0.5) is 4.39 Å². The van der Waals surface area contributed by atoms with E-state index in [1.54, 1.807) is 6.07 Å². The van der Waals surface area contributed by atoms with E-state index in [1.807, 2.05) is 13.0 Å². The zero-order valence-electron chi connectivity index (χ0n) is 10.1. The standard InChI is InChI=1S/C13H19FIN/c1-9(2)13(7-15)16-8-11-4-5-12(14)6-10(11)3/h4-6,9,13,16H,7-8H2,1-3H3. The van der Waals surface area contributed by atoms with Crippen LogP contribution in [0, 0.1) is 18.7 Å². The minimum absolute atomic E-state index is 0.157. The average molecular weight is 335 g/mol. The molecule has 0 fully saturated rings. The van der Waals surface area contributed by atoms with E-state index in [-0.39, 0.29) is 5.82 Å². The normalized spacial score (nSPS) is 13.1. The third kappa shape index (κ3) is 4.01. The Kier molecular flexibility index (Phi) is 5.69.